The van der Waals surface area contributed by atoms with Crippen LogP contribution in [0, 0.1) is 0 Å². The topological polar surface area (TPSA) is 37.4 Å². The quantitative estimate of drug-likeness (QED) is 0.728. The Hall–Kier alpha value is -2.68. The van der Waals surface area contributed by atoms with Gasteiger partial charge < -0.3 is 0 Å². The van der Waals surface area contributed by atoms with E-state index in [1.165, 1.54) is 4.90 Å². The van der Waals surface area contributed by atoms with E-state index in [-0.39, 0.29) is 17.4 Å². The molecule has 0 saturated carbocycles. The lowest BCUT2D eigenvalue weighted by atomic mass is 10.1. The molecule has 3 heteroatoms. The molecular weight excluding hydrogens is 238 g/mol. The normalized spacial score (nSPS) is 13.6. The zero-order valence-electron chi connectivity index (χ0n) is 10.2. The van der Waals surface area contributed by atoms with Crippen molar-refractivity contribution in [1.82, 2.24) is 0 Å². The molecule has 0 aromatic heterocycles. The number of fused-ring (bicyclic) bond motifs is 1. The third-order valence-corrected chi connectivity index (χ3v) is 3.15. The van der Waals surface area contributed by atoms with E-state index in [1.807, 2.05) is 6.07 Å². The Kier molecular flexibility index (Phi) is 2.53. The molecule has 0 unspecified atom stereocenters. The van der Waals surface area contributed by atoms with Gasteiger partial charge in [-0.05, 0) is 24.3 Å². The Morgan fingerprint density at radius 1 is 0.947 bits per heavy atom. The highest BCUT2D eigenvalue weighted by atomic mass is 16.2. The predicted octanol–water partition coefficient (Wildman–Crippen LogP) is 3.04. The molecular formula is C16H11NO2. The van der Waals surface area contributed by atoms with Crippen LogP contribution < -0.4 is 4.90 Å². The van der Waals surface area contributed by atoms with Crippen LogP contribution in [0.3, 0.4) is 0 Å². The van der Waals surface area contributed by atoms with Crippen LogP contribution in [0.25, 0.3) is 0 Å². The Morgan fingerprint density at radius 3 is 2.32 bits per heavy atom. The van der Waals surface area contributed by atoms with Crippen molar-refractivity contribution in [3.8, 4) is 0 Å². The van der Waals surface area contributed by atoms with Crippen LogP contribution in [0.2, 0.25) is 0 Å². The summed E-state index contributed by atoms with van der Waals surface area (Å²) in [5.74, 6) is -0.427. The summed E-state index contributed by atoms with van der Waals surface area (Å²) in [5, 5.41) is 0. The third kappa shape index (κ3) is 1.67. The fourth-order valence-electron chi connectivity index (χ4n) is 2.20. The van der Waals surface area contributed by atoms with E-state index in [2.05, 4.69) is 6.58 Å². The highest BCUT2D eigenvalue weighted by Crippen LogP contribution is 2.34. The van der Waals surface area contributed by atoms with Gasteiger partial charge >= 0.3 is 0 Å². The molecule has 1 heterocycles. The smallest absolute Gasteiger partial charge is 0.262 e. The molecule has 0 aliphatic carbocycles. The van der Waals surface area contributed by atoms with Gasteiger partial charge in [-0.1, -0.05) is 36.9 Å². The number of hydrogen-bond acceptors (Lipinski definition) is 2. The van der Waals surface area contributed by atoms with Crippen LogP contribution in [0.4, 0.5) is 5.69 Å². The summed E-state index contributed by atoms with van der Waals surface area (Å²) >= 11 is 0. The Bertz CT molecular complexity index is 689. The zero-order valence-corrected chi connectivity index (χ0v) is 10.2. The maximum absolute atomic E-state index is 12.5. The number of carbonyl (C=O) groups is 2. The second-order valence-electron chi connectivity index (χ2n) is 4.30. The first-order chi connectivity index (χ1) is 9.20. The van der Waals surface area contributed by atoms with E-state index in [9.17, 15) is 9.59 Å². The van der Waals surface area contributed by atoms with Gasteiger partial charge in [0.25, 0.3) is 5.91 Å². The molecule has 0 radical (unpaired) electrons. The van der Waals surface area contributed by atoms with Gasteiger partial charge in [-0.2, -0.15) is 0 Å². The van der Waals surface area contributed by atoms with Gasteiger partial charge in [-0.3, -0.25) is 14.5 Å². The minimum absolute atomic E-state index is 0.195. The summed E-state index contributed by atoms with van der Waals surface area (Å²) in [6, 6.07) is 15.9. The largest absolute Gasteiger partial charge is 0.287 e. The molecule has 92 valence electrons. The zero-order chi connectivity index (χ0) is 13.4. The maximum Gasteiger partial charge on any atom is 0.262 e. The van der Waals surface area contributed by atoms with E-state index < -0.39 is 0 Å². The van der Waals surface area contributed by atoms with Gasteiger partial charge in [0.15, 0.2) is 0 Å². The first kappa shape index (κ1) is 11.4. The molecule has 0 saturated heterocycles. The number of ketones is 1. The minimum atomic E-state index is -0.232. The Morgan fingerprint density at radius 2 is 1.58 bits per heavy atom. The Labute approximate surface area is 110 Å². The summed E-state index contributed by atoms with van der Waals surface area (Å²) in [6.07, 6.45) is 0. The van der Waals surface area contributed by atoms with Crippen molar-refractivity contribution in [2.75, 3.05) is 4.90 Å². The van der Waals surface area contributed by atoms with Crippen LogP contribution in [-0.4, -0.2) is 11.7 Å². The number of allylic oxidation sites excluding steroid dienone is 1. The van der Waals surface area contributed by atoms with Gasteiger partial charge in [0, 0.05) is 11.1 Å². The van der Waals surface area contributed by atoms with Gasteiger partial charge in [-0.25, -0.2) is 0 Å². The minimum Gasteiger partial charge on any atom is -0.287 e. The molecule has 3 nitrogen and oxygen atoms in total. The van der Waals surface area contributed by atoms with Crippen molar-refractivity contribution in [3.05, 3.63) is 78.0 Å². The number of Topliss-reactive ketones (excluding diaryl/α,β-unsaturated/α-hetero) is 1. The highest BCUT2D eigenvalue weighted by Gasteiger charge is 2.34. The van der Waals surface area contributed by atoms with Gasteiger partial charge in [0.2, 0.25) is 5.78 Å². The summed E-state index contributed by atoms with van der Waals surface area (Å²) in [6.45, 7) is 3.73. The van der Waals surface area contributed by atoms with Crippen molar-refractivity contribution in [1.29, 1.82) is 0 Å². The first-order valence-corrected chi connectivity index (χ1v) is 5.92. The first-order valence-electron chi connectivity index (χ1n) is 5.92. The second kappa shape index (κ2) is 4.21. The number of nitrogens with zero attached hydrogens (tertiary/aromatic N) is 1. The number of amides is 1. The highest BCUT2D eigenvalue weighted by molar-refractivity contribution is 6.27. The van der Waals surface area contributed by atoms with Crippen molar-refractivity contribution in [3.63, 3.8) is 0 Å². The molecule has 1 aliphatic heterocycles. The molecule has 0 atom stereocenters. The number of para-hydroxylation sites is 1. The van der Waals surface area contributed by atoms with Crippen molar-refractivity contribution < 1.29 is 9.59 Å². The van der Waals surface area contributed by atoms with E-state index in [1.54, 1.807) is 48.5 Å². The monoisotopic (exact) mass is 249 g/mol. The van der Waals surface area contributed by atoms with Crippen LogP contribution in [0.15, 0.2) is 66.9 Å². The number of rotatable bonds is 1. The van der Waals surface area contributed by atoms with E-state index in [0.29, 0.717) is 16.8 Å². The fraction of sp³-hybridized carbons (Fsp3) is 0. The third-order valence-electron chi connectivity index (χ3n) is 3.15. The number of benzene rings is 2. The van der Waals surface area contributed by atoms with Crippen molar-refractivity contribution in [2.24, 2.45) is 0 Å². The maximum atomic E-state index is 12.5. The summed E-state index contributed by atoms with van der Waals surface area (Å²) < 4.78 is 0. The van der Waals surface area contributed by atoms with Gasteiger partial charge in [0.1, 0.15) is 0 Å². The van der Waals surface area contributed by atoms with Crippen LogP contribution >= 0.6 is 0 Å². The second-order valence-corrected chi connectivity index (χ2v) is 4.30. The molecule has 1 aliphatic rings. The van der Waals surface area contributed by atoms with Crippen molar-refractivity contribution >= 4 is 17.4 Å². The lowest BCUT2D eigenvalue weighted by Crippen LogP contribution is -2.27. The molecule has 2 aromatic carbocycles. The lowest BCUT2D eigenvalue weighted by molar-refractivity contribution is 0.0974. The number of anilines is 1. The van der Waals surface area contributed by atoms with Crippen LogP contribution in [-0.2, 0) is 0 Å². The molecule has 19 heavy (non-hydrogen) atoms. The number of hydrogen-bond donors (Lipinski definition) is 0. The average Bonchev–Trinajstić information content (AvgIpc) is 2.72. The average molecular weight is 249 g/mol. The SMILES string of the molecule is C=C1C(=O)c2ccccc2N1C(=O)c1ccccc1. The van der Waals surface area contributed by atoms with E-state index in [4.69, 9.17) is 0 Å². The summed E-state index contributed by atoms with van der Waals surface area (Å²) in [4.78, 5) is 25.9. The molecule has 0 N–H and O–H groups in total. The predicted molar refractivity (Wildman–Crippen MR) is 73.2 cm³/mol. The molecule has 0 bridgehead atoms. The fourth-order valence-corrected chi connectivity index (χ4v) is 2.20. The van der Waals surface area contributed by atoms with Crippen LogP contribution in [0.1, 0.15) is 20.7 Å². The molecule has 2 aromatic rings. The Balaban J connectivity index is 2.09. The molecule has 0 spiro atoms. The van der Waals surface area contributed by atoms with E-state index in [0.717, 1.165) is 0 Å². The van der Waals surface area contributed by atoms with Gasteiger partial charge in [-0.15, -0.1) is 0 Å². The number of carbonyl (C=O) groups excluding carboxylic acids is 2. The summed E-state index contributed by atoms with van der Waals surface area (Å²) in [5.41, 5.74) is 1.87. The molecule has 1 amide bonds. The van der Waals surface area contributed by atoms with Crippen molar-refractivity contribution in [2.45, 2.75) is 0 Å². The lowest BCUT2D eigenvalue weighted by Gasteiger charge is -2.17. The summed E-state index contributed by atoms with van der Waals surface area (Å²) in [7, 11) is 0. The molecule has 0 fully saturated rings. The van der Waals surface area contributed by atoms with E-state index >= 15 is 0 Å². The standard InChI is InChI=1S/C16H11NO2/c1-11-15(18)13-9-5-6-10-14(13)17(11)16(19)12-7-3-2-4-8-12/h2-10H,1H2. The van der Waals surface area contributed by atoms with Gasteiger partial charge in [0.05, 0.1) is 11.4 Å². The molecule has 3 rings (SSSR count). The van der Waals surface area contributed by atoms with Crippen LogP contribution in [0.5, 0.6) is 0 Å².